The van der Waals surface area contributed by atoms with E-state index in [0.29, 0.717) is 10.7 Å². The Hall–Kier alpha value is -1.27. The van der Waals surface area contributed by atoms with Crippen LogP contribution >= 0.6 is 11.6 Å². The molecule has 0 saturated heterocycles. The molecule has 1 aliphatic rings. The normalized spacial score (nSPS) is 14.9. The van der Waals surface area contributed by atoms with Crippen molar-refractivity contribution < 1.29 is 13.2 Å². The molecule has 1 saturated carbocycles. The third-order valence-corrected chi connectivity index (χ3v) is 4.49. The van der Waals surface area contributed by atoms with E-state index in [9.17, 15) is 13.2 Å². The van der Waals surface area contributed by atoms with Crippen LogP contribution in [0.3, 0.4) is 0 Å². The average molecular weight is 317 g/mol. The highest BCUT2D eigenvalue weighted by Crippen LogP contribution is 2.28. The number of nitrogens with zero attached hydrogens (tertiary/aromatic N) is 1. The van der Waals surface area contributed by atoms with Crippen LogP contribution in [0.2, 0.25) is 5.02 Å². The number of halogens is 1. The van der Waals surface area contributed by atoms with Crippen molar-refractivity contribution in [3.63, 3.8) is 0 Å². The number of carbonyl (C=O) groups is 1. The first kappa shape index (κ1) is 15.1. The smallest absolute Gasteiger partial charge is 0.232 e. The van der Waals surface area contributed by atoms with E-state index >= 15 is 0 Å². The average Bonchev–Trinajstić information content (AvgIpc) is 3.16. The van der Waals surface area contributed by atoms with Crippen molar-refractivity contribution in [1.82, 2.24) is 5.32 Å². The summed E-state index contributed by atoms with van der Waals surface area (Å²) in [7, 11) is -3.41. The molecule has 1 fully saturated rings. The fourth-order valence-electron chi connectivity index (χ4n) is 1.89. The second-order valence-electron chi connectivity index (χ2n) is 4.88. The maximum absolute atomic E-state index is 11.8. The van der Waals surface area contributed by atoms with Crippen LogP contribution in [0.25, 0.3) is 0 Å². The van der Waals surface area contributed by atoms with E-state index in [1.165, 1.54) is 4.31 Å². The maximum atomic E-state index is 11.8. The Morgan fingerprint density at radius 2 is 2.15 bits per heavy atom. The Morgan fingerprint density at radius 3 is 2.70 bits per heavy atom. The molecule has 0 aromatic heterocycles. The van der Waals surface area contributed by atoms with E-state index in [1.54, 1.807) is 24.3 Å². The van der Waals surface area contributed by atoms with Crippen molar-refractivity contribution >= 4 is 33.2 Å². The van der Waals surface area contributed by atoms with E-state index in [-0.39, 0.29) is 24.9 Å². The number of anilines is 1. The van der Waals surface area contributed by atoms with Crippen molar-refractivity contribution in [2.45, 2.75) is 12.8 Å². The molecular formula is C13H17ClN2O3S. The van der Waals surface area contributed by atoms with Gasteiger partial charge in [-0.2, -0.15) is 0 Å². The number of hydrogen-bond donors (Lipinski definition) is 1. The molecule has 0 aliphatic heterocycles. The summed E-state index contributed by atoms with van der Waals surface area (Å²) >= 11 is 5.88. The monoisotopic (exact) mass is 316 g/mol. The van der Waals surface area contributed by atoms with Crippen molar-refractivity contribution in [3.8, 4) is 0 Å². The van der Waals surface area contributed by atoms with Gasteiger partial charge in [0.15, 0.2) is 0 Å². The molecule has 1 amide bonds. The zero-order valence-electron chi connectivity index (χ0n) is 11.2. The molecule has 5 nitrogen and oxygen atoms in total. The van der Waals surface area contributed by atoms with Crippen molar-refractivity contribution in [3.05, 3.63) is 29.3 Å². The van der Waals surface area contributed by atoms with Crippen LogP contribution in [0.4, 0.5) is 5.69 Å². The van der Waals surface area contributed by atoms with Gasteiger partial charge in [0.05, 0.1) is 18.5 Å². The lowest BCUT2D eigenvalue weighted by molar-refractivity contribution is -0.122. The van der Waals surface area contributed by atoms with Crippen LogP contribution in [0.15, 0.2) is 24.3 Å². The standard InChI is InChI=1S/C13H17ClN2O3S/c1-20(18,19)16(12-4-2-3-11(14)9-12)8-7-15-13(17)10-5-6-10/h2-4,9-10H,5-8H2,1H3,(H,15,17). The molecule has 1 N–H and O–H groups in total. The fraction of sp³-hybridized carbons (Fsp3) is 0.462. The Kier molecular flexibility index (Phi) is 4.55. The van der Waals surface area contributed by atoms with Gasteiger partial charge in [0, 0.05) is 17.5 Å². The van der Waals surface area contributed by atoms with Gasteiger partial charge >= 0.3 is 0 Å². The van der Waals surface area contributed by atoms with Crippen LogP contribution in [0, 0.1) is 5.92 Å². The second-order valence-corrected chi connectivity index (χ2v) is 7.22. The third kappa shape index (κ3) is 4.11. The summed E-state index contributed by atoms with van der Waals surface area (Å²) in [6.45, 7) is 0.479. The van der Waals surface area contributed by atoms with Gasteiger partial charge < -0.3 is 5.32 Å². The minimum absolute atomic E-state index is 0.00421. The maximum Gasteiger partial charge on any atom is 0.232 e. The van der Waals surface area contributed by atoms with Gasteiger partial charge in [-0.15, -0.1) is 0 Å². The number of amides is 1. The summed E-state index contributed by atoms with van der Waals surface area (Å²) in [5.74, 6) is 0.123. The van der Waals surface area contributed by atoms with Gasteiger partial charge in [-0.1, -0.05) is 17.7 Å². The topological polar surface area (TPSA) is 66.5 Å². The van der Waals surface area contributed by atoms with Gasteiger partial charge in [0.1, 0.15) is 0 Å². The van der Waals surface area contributed by atoms with E-state index in [2.05, 4.69) is 5.32 Å². The lowest BCUT2D eigenvalue weighted by Crippen LogP contribution is -2.38. The van der Waals surface area contributed by atoms with E-state index in [0.717, 1.165) is 19.1 Å². The third-order valence-electron chi connectivity index (χ3n) is 3.06. The second kappa shape index (κ2) is 6.01. The summed E-state index contributed by atoms with van der Waals surface area (Å²) < 4.78 is 24.9. The molecule has 0 heterocycles. The lowest BCUT2D eigenvalue weighted by atomic mass is 10.3. The van der Waals surface area contributed by atoms with Gasteiger partial charge in [-0.25, -0.2) is 8.42 Å². The van der Waals surface area contributed by atoms with Crippen LogP contribution in [-0.4, -0.2) is 33.7 Å². The summed E-state index contributed by atoms with van der Waals surface area (Å²) in [6, 6.07) is 6.64. The quantitative estimate of drug-likeness (QED) is 0.867. The van der Waals surface area contributed by atoms with Crippen LogP contribution in [-0.2, 0) is 14.8 Å². The first-order chi connectivity index (χ1) is 9.38. The molecule has 20 heavy (non-hydrogen) atoms. The predicted octanol–water partition coefficient (Wildman–Crippen LogP) is 1.63. The number of hydrogen-bond acceptors (Lipinski definition) is 3. The highest BCUT2D eigenvalue weighted by atomic mass is 35.5. The van der Waals surface area contributed by atoms with E-state index < -0.39 is 10.0 Å². The Balaban J connectivity index is 2.02. The number of benzene rings is 1. The summed E-state index contributed by atoms with van der Waals surface area (Å²) in [5, 5.41) is 3.22. The van der Waals surface area contributed by atoms with Crippen LogP contribution < -0.4 is 9.62 Å². The first-order valence-electron chi connectivity index (χ1n) is 6.39. The van der Waals surface area contributed by atoms with Crippen LogP contribution in [0.5, 0.6) is 0 Å². The largest absolute Gasteiger partial charge is 0.354 e. The molecular weight excluding hydrogens is 300 g/mol. The molecule has 1 aliphatic carbocycles. The Morgan fingerprint density at radius 1 is 1.45 bits per heavy atom. The molecule has 0 unspecified atom stereocenters. The zero-order chi connectivity index (χ0) is 14.8. The molecule has 1 aromatic carbocycles. The summed E-state index contributed by atoms with van der Waals surface area (Å²) in [6.07, 6.45) is 2.99. The number of nitrogens with one attached hydrogen (secondary N) is 1. The molecule has 1 aromatic rings. The van der Waals surface area contributed by atoms with Crippen molar-refractivity contribution in [2.75, 3.05) is 23.7 Å². The molecule has 7 heteroatoms. The number of sulfonamides is 1. The molecule has 0 spiro atoms. The predicted molar refractivity (Wildman–Crippen MR) is 79.4 cm³/mol. The highest BCUT2D eigenvalue weighted by Gasteiger charge is 2.29. The van der Waals surface area contributed by atoms with Crippen molar-refractivity contribution in [1.29, 1.82) is 0 Å². The molecule has 2 rings (SSSR count). The first-order valence-corrected chi connectivity index (χ1v) is 8.61. The minimum Gasteiger partial charge on any atom is -0.354 e. The van der Waals surface area contributed by atoms with E-state index in [1.807, 2.05) is 0 Å². The van der Waals surface area contributed by atoms with Gasteiger partial charge in [0.2, 0.25) is 15.9 Å². The SMILES string of the molecule is CS(=O)(=O)N(CCNC(=O)C1CC1)c1cccc(Cl)c1. The van der Waals surface area contributed by atoms with E-state index in [4.69, 9.17) is 11.6 Å². The molecule has 110 valence electrons. The van der Waals surface area contributed by atoms with Gasteiger partial charge in [0.25, 0.3) is 0 Å². The highest BCUT2D eigenvalue weighted by molar-refractivity contribution is 7.92. The van der Waals surface area contributed by atoms with Gasteiger partial charge in [-0.05, 0) is 31.0 Å². The molecule has 0 radical (unpaired) electrons. The summed E-state index contributed by atoms with van der Waals surface area (Å²) in [5.41, 5.74) is 0.501. The number of rotatable bonds is 6. The fourth-order valence-corrected chi connectivity index (χ4v) is 2.99. The van der Waals surface area contributed by atoms with Crippen LogP contribution in [0.1, 0.15) is 12.8 Å². The zero-order valence-corrected chi connectivity index (χ0v) is 12.7. The summed E-state index contributed by atoms with van der Waals surface area (Å²) in [4.78, 5) is 11.5. The Labute approximate surface area is 124 Å². The van der Waals surface area contributed by atoms with Gasteiger partial charge in [-0.3, -0.25) is 9.10 Å². The minimum atomic E-state index is -3.41. The lowest BCUT2D eigenvalue weighted by Gasteiger charge is -2.22. The van der Waals surface area contributed by atoms with Crippen molar-refractivity contribution in [2.24, 2.45) is 5.92 Å². The Bertz CT molecular complexity index is 599. The molecule has 0 atom stereocenters. The molecule has 0 bridgehead atoms. The number of carbonyl (C=O) groups excluding carboxylic acids is 1.